The van der Waals surface area contributed by atoms with Crippen LogP contribution in [0, 0.1) is 0 Å². The van der Waals surface area contributed by atoms with Crippen molar-refractivity contribution in [3.8, 4) is 11.5 Å². The summed E-state index contributed by atoms with van der Waals surface area (Å²) in [4.78, 5) is 8.05. The van der Waals surface area contributed by atoms with Gasteiger partial charge in [-0.15, -0.1) is 0 Å². The quantitative estimate of drug-likeness (QED) is 0.894. The molecule has 3 N–H and O–H groups in total. The summed E-state index contributed by atoms with van der Waals surface area (Å²) in [7, 11) is 0. The summed E-state index contributed by atoms with van der Waals surface area (Å²) >= 11 is 11.7. The summed E-state index contributed by atoms with van der Waals surface area (Å²) < 4.78 is 4.95. The third-order valence-electron chi connectivity index (χ3n) is 2.27. The Hall–Kier alpha value is -1.21. The molecule has 0 amide bonds. The number of rotatable bonds is 3. The minimum atomic E-state index is -0.799. The first kappa shape index (κ1) is 13.2. The van der Waals surface area contributed by atoms with Crippen LogP contribution in [-0.4, -0.2) is 26.3 Å². The predicted octanol–water partition coefficient (Wildman–Crippen LogP) is 1.82. The molecular formula is C10H10Cl2N4O2. The first-order valence-electron chi connectivity index (χ1n) is 5.07. The fraction of sp³-hybridized carbons (Fsp3) is 0.300. The van der Waals surface area contributed by atoms with E-state index in [0.717, 1.165) is 0 Å². The van der Waals surface area contributed by atoms with Crippen molar-refractivity contribution in [1.29, 1.82) is 0 Å². The maximum Gasteiger partial charge on any atom is 0.246 e. The predicted molar refractivity (Wildman–Crippen MR) is 66.2 cm³/mol. The Labute approximate surface area is 113 Å². The summed E-state index contributed by atoms with van der Waals surface area (Å²) in [5.41, 5.74) is 6.01. The lowest BCUT2D eigenvalue weighted by molar-refractivity contribution is 0.146. The van der Waals surface area contributed by atoms with Gasteiger partial charge in [-0.25, -0.2) is 4.98 Å². The Balaban J connectivity index is 2.35. The molecule has 0 fully saturated rings. The number of hydrogen-bond acceptors (Lipinski definition) is 6. The zero-order valence-electron chi connectivity index (χ0n) is 9.34. The molecule has 0 saturated heterocycles. The van der Waals surface area contributed by atoms with Gasteiger partial charge in [0.1, 0.15) is 11.7 Å². The summed E-state index contributed by atoms with van der Waals surface area (Å²) in [6.07, 6.45) is 0.625. The first-order chi connectivity index (χ1) is 8.49. The van der Waals surface area contributed by atoms with Gasteiger partial charge in [-0.05, 0) is 13.0 Å². The molecule has 0 aromatic carbocycles. The highest BCUT2D eigenvalue weighted by Crippen LogP contribution is 2.26. The number of halogens is 2. The van der Waals surface area contributed by atoms with Gasteiger partial charge in [-0.1, -0.05) is 28.4 Å². The van der Waals surface area contributed by atoms with Crippen LogP contribution in [0.3, 0.4) is 0 Å². The van der Waals surface area contributed by atoms with Crippen molar-refractivity contribution in [2.75, 3.05) is 0 Å². The summed E-state index contributed by atoms with van der Waals surface area (Å²) in [6.45, 7) is 1.53. The Morgan fingerprint density at radius 3 is 2.78 bits per heavy atom. The zero-order valence-corrected chi connectivity index (χ0v) is 10.9. The van der Waals surface area contributed by atoms with Crippen molar-refractivity contribution < 1.29 is 9.63 Å². The fourth-order valence-corrected chi connectivity index (χ4v) is 1.72. The molecule has 2 atom stereocenters. The molecule has 0 aliphatic heterocycles. The molecule has 96 valence electrons. The Kier molecular flexibility index (Phi) is 3.82. The van der Waals surface area contributed by atoms with E-state index >= 15 is 0 Å². The molecule has 18 heavy (non-hydrogen) atoms. The van der Waals surface area contributed by atoms with Gasteiger partial charge < -0.3 is 15.4 Å². The van der Waals surface area contributed by atoms with Crippen LogP contribution in [0.5, 0.6) is 0 Å². The van der Waals surface area contributed by atoms with E-state index in [4.69, 9.17) is 33.5 Å². The van der Waals surface area contributed by atoms with E-state index in [1.165, 1.54) is 19.2 Å². The van der Waals surface area contributed by atoms with E-state index in [-0.39, 0.29) is 11.7 Å². The van der Waals surface area contributed by atoms with E-state index < -0.39 is 12.1 Å². The van der Waals surface area contributed by atoms with Crippen molar-refractivity contribution in [2.24, 2.45) is 5.73 Å². The number of nitrogens with two attached hydrogens (primary N) is 1. The summed E-state index contributed by atoms with van der Waals surface area (Å²) in [5, 5.41) is 13.8. The molecule has 0 radical (unpaired) electrons. The van der Waals surface area contributed by atoms with Crippen molar-refractivity contribution in [3.05, 3.63) is 28.2 Å². The molecule has 2 rings (SSSR count). The Morgan fingerprint density at radius 1 is 1.44 bits per heavy atom. The van der Waals surface area contributed by atoms with Gasteiger partial charge in [-0.2, -0.15) is 4.98 Å². The maximum absolute atomic E-state index is 9.33. The first-order valence-corrected chi connectivity index (χ1v) is 5.83. The average Bonchev–Trinajstić information content (AvgIpc) is 2.77. The normalized spacial score (nSPS) is 14.5. The average molecular weight is 289 g/mol. The van der Waals surface area contributed by atoms with Crippen molar-refractivity contribution >= 4 is 23.2 Å². The van der Waals surface area contributed by atoms with Crippen LogP contribution in [-0.2, 0) is 0 Å². The largest absolute Gasteiger partial charge is 0.391 e. The van der Waals surface area contributed by atoms with Crippen molar-refractivity contribution in [1.82, 2.24) is 15.1 Å². The van der Waals surface area contributed by atoms with Gasteiger partial charge in [0, 0.05) is 6.20 Å². The lowest BCUT2D eigenvalue weighted by Crippen LogP contribution is -2.23. The molecule has 2 unspecified atom stereocenters. The number of hydrogen-bond donors (Lipinski definition) is 2. The molecule has 0 bridgehead atoms. The van der Waals surface area contributed by atoms with Crippen LogP contribution in [0.2, 0.25) is 10.0 Å². The molecule has 0 aliphatic rings. The SMILES string of the molecule is CC(O)C(N)c1nc(-c2ncc(Cl)cc2Cl)no1. The van der Waals surface area contributed by atoms with E-state index in [1.807, 2.05) is 0 Å². The van der Waals surface area contributed by atoms with E-state index in [9.17, 15) is 5.11 Å². The molecule has 2 aromatic heterocycles. The number of nitrogens with zero attached hydrogens (tertiary/aromatic N) is 3. The minimum Gasteiger partial charge on any atom is -0.391 e. The monoisotopic (exact) mass is 288 g/mol. The van der Waals surface area contributed by atoms with Crippen LogP contribution in [0.4, 0.5) is 0 Å². The molecule has 8 heteroatoms. The molecular weight excluding hydrogens is 279 g/mol. The van der Waals surface area contributed by atoms with Crippen LogP contribution in [0.25, 0.3) is 11.5 Å². The van der Waals surface area contributed by atoms with Gasteiger partial charge in [0.25, 0.3) is 0 Å². The van der Waals surface area contributed by atoms with Gasteiger partial charge in [0.2, 0.25) is 11.7 Å². The van der Waals surface area contributed by atoms with E-state index in [0.29, 0.717) is 15.7 Å². The maximum atomic E-state index is 9.33. The Bertz CT molecular complexity index is 559. The Morgan fingerprint density at radius 2 is 2.17 bits per heavy atom. The smallest absolute Gasteiger partial charge is 0.246 e. The number of aliphatic hydroxyl groups is 1. The third kappa shape index (κ3) is 2.62. The summed E-state index contributed by atoms with van der Waals surface area (Å²) in [5.74, 6) is 0.315. The third-order valence-corrected chi connectivity index (χ3v) is 2.76. The number of aliphatic hydroxyl groups excluding tert-OH is 1. The highest BCUT2D eigenvalue weighted by atomic mass is 35.5. The molecule has 0 saturated carbocycles. The fourth-order valence-electron chi connectivity index (χ4n) is 1.25. The van der Waals surface area contributed by atoms with E-state index in [2.05, 4.69) is 15.1 Å². The highest BCUT2D eigenvalue weighted by molar-refractivity contribution is 6.35. The second-order valence-corrected chi connectivity index (χ2v) is 4.55. The van der Waals surface area contributed by atoms with Crippen LogP contribution >= 0.6 is 23.2 Å². The highest BCUT2D eigenvalue weighted by Gasteiger charge is 2.21. The van der Waals surface area contributed by atoms with Crippen LogP contribution in [0.1, 0.15) is 18.9 Å². The minimum absolute atomic E-state index is 0.118. The lowest BCUT2D eigenvalue weighted by Gasteiger charge is -2.08. The van der Waals surface area contributed by atoms with Crippen molar-refractivity contribution in [3.63, 3.8) is 0 Å². The van der Waals surface area contributed by atoms with Gasteiger partial charge >= 0.3 is 0 Å². The molecule has 0 aliphatic carbocycles. The standard InChI is InChI=1S/C10H10Cl2N4O2/c1-4(17)7(13)10-15-9(16-18-10)8-6(12)2-5(11)3-14-8/h2-4,7,17H,13H2,1H3. The van der Waals surface area contributed by atoms with Gasteiger partial charge in [0.15, 0.2) is 0 Å². The van der Waals surface area contributed by atoms with E-state index in [1.54, 1.807) is 0 Å². The van der Waals surface area contributed by atoms with Crippen molar-refractivity contribution in [2.45, 2.75) is 19.1 Å². The molecule has 2 aromatic rings. The van der Waals surface area contributed by atoms with Gasteiger partial charge in [0.05, 0.1) is 16.1 Å². The second-order valence-electron chi connectivity index (χ2n) is 3.71. The topological polar surface area (TPSA) is 98.1 Å². The molecule has 6 nitrogen and oxygen atoms in total. The number of aromatic nitrogens is 3. The second kappa shape index (κ2) is 5.19. The van der Waals surface area contributed by atoms with Crippen LogP contribution < -0.4 is 5.73 Å². The zero-order chi connectivity index (χ0) is 13.3. The lowest BCUT2D eigenvalue weighted by atomic mass is 10.2. The number of pyridine rings is 1. The molecule has 0 spiro atoms. The van der Waals surface area contributed by atoms with Gasteiger partial charge in [-0.3, -0.25) is 0 Å². The summed E-state index contributed by atoms with van der Waals surface area (Å²) in [6, 6.07) is 0.771. The molecule has 2 heterocycles. The van der Waals surface area contributed by atoms with Crippen LogP contribution in [0.15, 0.2) is 16.8 Å².